The molecule has 1 aliphatic heterocycles. The van der Waals surface area contributed by atoms with Crippen molar-refractivity contribution in [3.8, 4) is 0 Å². The number of anilines is 1. The van der Waals surface area contributed by atoms with Gasteiger partial charge in [-0.3, -0.25) is 14.4 Å². The summed E-state index contributed by atoms with van der Waals surface area (Å²) >= 11 is 1.60. The van der Waals surface area contributed by atoms with Gasteiger partial charge in [0.15, 0.2) is 0 Å². The lowest BCUT2D eigenvalue weighted by atomic mass is 10.0. The van der Waals surface area contributed by atoms with Gasteiger partial charge in [-0.1, -0.05) is 68.4 Å². The molecular weight excluding hydrogens is 460 g/mol. The first-order chi connectivity index (χ1) is 17.0. The van der Waals surface area contributed by atoms with Crippen LogP contribution in [0.4, 0.5) is 5.69 Å². The molecule has 8 heteroatoms. The molecule has 4 rings (SSSR count). The van der Waals surface area contributed by atoms with Gasteiger partial charge in [-0.2, -0.15) is 0 Å². The van der Waals surface area contributed by atoms with Gasteiger partial charge in [0.2, 0.25) is 17.7 Å². The van der Waals surface area contributed by atoms with Crippen molar-refractivity contribution in [2.45, 2.75) is 37.6 Å². The number of nitrogens with zero attached hydrogens (tertiary/aromatic N) is 1. The number of para-hydroxylation sites is 1. The molecule has 3 amide bonds. The lowest BCUT2D eigenvalue weighted by molar-refractivity contribution is -0.128. The maximum absolute atomic E-state index is 13.0. The van der Waals surface area contributed by atoms with E-state index in [9.17, 15) is 14.4 Å². The van der Waals surface area contributed by atoms with Gasteiger partial charge in [0.05, 0.1) is 12.4 Å². The number of fused-ring (bicyclic) bond motifs is 2. The molecule has 184 valence electrons. The quantitative estimate of drug-likeness (QED) is 0.438. The first-order valence-corrected chi connectivity index (χ1v) is 12.8. The Hall–Kier alpha value is -3.36. The molecule has 0 radical (unpaired) electrons. The van der Waals surface area contributed by atoms with Crippen molar-refractivity contribution < 1.29 is 14.4 Å². The van der Waals surface area contributed by atoms with Crippen LogP contribution in [0.3, 0.4) is 0 Å². The fourth-order valence-corrected chi connectivity index (χ4v) is 4.91. The van der Waals surface area contributed by atoms with Crippen molar-refractivity contribution in [3.05, 3.63) is 72.3 Å². The van der Waals surface area contributed by atoms with Gasteiger partial charge in [0, 0.05) is 23.5 Å². The van der Waals surface area contributed by atoms with Crippen LogP contribution in [-0.2, 0) is 20.8 Å². The van der Waals surface area contributed by atoms with E-state index < -0.39 is 11.9 Å². The van der Waals surface area contributed by atoms with Gasteiger partial charge in [0.1, 0.15) is 12.6 Å². The highest BCUT2D eigenvalue weighted by atomic mass is 32.2. The molecule has 3 aromatic carbocycles. The Morgan fingerprint density at radius 3 is 2.51 bits per heavy atom. The zero-order valence-electron chi connectivity index (χ0n) is 20.1. The molecule has 3 aromatic rings. The van der Waals surface area contributed by atoms with Crippen molar-refractivity contribution in [3.63, 3.8) is 0 Å². The van der Waals surface area contributed by atoms with E-state index in [2.05, 4.69) is 10.6 Å². The van der Waals surface area contributed by atoms with E-state index in [4.69, 9.17) is 5.73 Å². The number of thioether (sulfide) groups is 1. The highest BCUT2D eigenvalue weighted by Crippen LogP contribution is 2.33. The Labute approximate surface area is 210 Å². The monoisotopic (exact) mass is 492 g/mol. The summed E-state index contributed by atoms with van der Waals surface area (Å²) in [5, 5.41) is 7.56. The summed E-state index contributed by atoms with van der Waals surface area (Å²) < 4.78 is 0. The van der Waals surface area contributed by atoms with Crippen molar-refractivity contribution >= 4 is 45.9 Å². The van der Waals surface area contributed by atoms with Crippen LogP contribution in [0.5, 0.6) is 0 Å². The second-order valence-electron chi connectivity index (χ2n) is 7.80. The van der Waals surface area contributed by atoms with Crippen LogP contribution in [-0.4, -0.2) is 42.7 Å². The third-order valence-electron chi connectivity index (χ3n) is 5.51. The van der Waals surface area contributed by atoms with E-state index >= 15 is 0 Å². The first-order valence-electron chi connectivity index (χ1n) is 11.8. The molecular formula is C27H32N4O3S. The van der Waals surface area contributed by atoms with Crippen molar-refractivity contribution in [1.82, 2.24) is 10.6 Å². The fraction of sp³-hybridized carbons (Fsp3) is 0.296. The van der Waals surface area contributed by atoms with Crippen molar-refractivity contribution in [1.29, 1.82) is 0 Å². The Balaban J connectivity index is 0.00000167. The highest BCUT2D eigenvalue weighted by Gasteiger charge is 2.27. The van der Waals surface area contributed by atoms with E-state index in [0.29, 0.717) is 18.6 Å². The van der Waals surface area contributed by atoms with Crippen molar-refractivity contribution in [2.75, 3.05) is 23.9 Å². The lowest BCUT2D eigenvalue weighted by Gasteiger charge is -2.24. The molecule has 0 saturated heterocycles. The molecule has 1 aliphatic rings. The maximum Gasteiger partial charge on any atom is 0.243 e. The molecule has 1 heterocycles. The minimum Gasteiger partial charge on any atom is -0.342 e. The number of hydrogen-bond acceptors (Lipinski definition) is 5. The van der Waals surface area contributed by atoms with Gasteiger partial charge in [-0.25, -0.2) is 0 Å². The van der Waals surface area contributed by atoms with Crippen LogP contribution in [0.15, 0.2) is 71.6 Å². The average molecular weight is 493 g/mol. The molecule has 0 bridgehead atoms. The molecule has 4 N–H and O–H groups in total. The second kappa shape index (κ2) is 12.9. The topological polar surface area (TPSA) is 105 Å². The van der Waals surface area contributed by atoms with Gasteiger partial charge in [-0.15, -0.1) is 11.8 Å². The average Bonchev–Trinajstić information content (AvgIpc) is 3.03. The summed E-state index contributed by atoms with van der Waals surface area (Å²) in [4.78, 5) is 40.8. The largest absolute Gasteiger partial charge is 0.342 e. The minimum absolute atomic E-state index is 0.0296. The first kappa shape index (κ1) is 26.2. The molecule has 35 heavy (non-hydrogen) atoms. The van der Waals surface area contributed by atoms with E-state index in [0.717, 1.165) is 26.9 Å². The zero-order chi connectivity index (χ0) is 25.2. The second-order valence-corrected chi connectivity index (χ2v) is 8.93. The van der Waals surface area contributed by atoms with Crippen LogP contribution >= 0.6 is 11.8 Å². The number of carbonyl (C=O) groups excluding carboxylic acids is 3. The molecule has 1 atom stereocenters. The number of amides is 3. The number of rotatable bonds is 7. The molecule has 7 nitrogen and oxygen atoms in total. The van der Waals surface area contributed by atoms with Crippen molar-refractivity contribution in [2.24, 2.45) is 5.73 Å². The smallest absolute Gasteiger partial charge is 0.243 e. The summed E-state index contributed by atoms with van der Waals surface area (Å²) in [7, 11) is 0. The summed E-state index contributed by atoms with van der Waals surface area (Å²) in [6, 6.07) is 20.6. The van der Waals surface area contributed by atoms with Crippen LogP contribution in [0.2, 0.25) is 0 Å². The van der Waals surface area contributed by atoms with E-state index in [1.807, 2.05) is 80.6 Å². The van der Waals surface area contributed by atoms with Crippen LogP contribution in [0.25, 0.3) is 10.8 Å². The Morgan fingerprint density at radius 1 is 1.03 bits per heavy atom. The van der Waals surface area contributed by atoms with Gasteiger partial charge in [0.25, 0.3) is 0 Å². The highest BCUT2D eigenvalue weighted by molar-refractivity contribution is 7.99. The maximum atomic E-state index is 13.0. The van der Waals surface area contributed by atoms with E-state index in [1.54, 1.807) is 11.8 Å². The molecule has 0 aliphatic carbocycles. The summed E-state index contributed by atoms with van der Waals surface area (Å²) in [6.45, 7) is 3.82. The minimum atomic E-state index is -0.811. The SMILES string of the molecule is CC.NCNC(=O)[C@@H](Cc1ccc2ccccc2c1)NC(=O)CN1C(=O)CCSc2ccccc21. The van der Waals surface area contributed by atoms with Crippen LogP contribution in [0, 0.1) is 0 Å². The summed E-state index contributed by atoms with van der Waals surface area (Å²) in [5.74, 6) is -0.211. The van der Waals surface area contributed by atoms with E-state index in [1.165, 1.54) is 4.90 Å². The predicted octanol–water partition coefficient (Wildman–Crippen LogP) is 3.45. The third-order valence-corrected chi connectivity index (χ3v) is 6.58. The van der Waals surface area contributed by atoms with Gasteiger partial charge < -0.3 is 21.3 Å². The normalized spacial score (nSPS) is 13.7. The molecule has 0 saturated carbocycles. The number of nitrogens with one attached hydrogen (secondary N) is 2. The third kappa shape index (κ3) is 6.83. The number of nitrogens with two attached hydrogens (primary N) is 1. The number of hydrogen-bond donors (Lipinski definition) is 3. The fourth-order valence-electron chi connectivity index (χ4n) is 3.91. The number of carbonyl (C=O) groups is 3. The molecule has 0 spiro atoms. The predicted molar refractivity (Wildman–Crippen MR) is 142 cm³/mol. The Kier molecular flexibility index (Phi) is 9.69. The summed E-state index contributed by atoms with van der Waals surface area (Å²) in [6.07, 6.45) is 0.656. The molecule has 0 aromatic heterocycles. The van der Waals surface area contributed by atoms with E-state index in [-0.39, 0.29) is 25.0 Å². The van der Waals surface area contributed by atoms with Crippen LogP contribution in [0.1, 0.15) is 25.8 Å². The molecule has 0 unspecified atom stereocenters. The zero-order valence-corrected chi connectivity index (χ0v) is 20.9. The lowest BCUT2D eigenvalue weighted by Crippen LogP contribution is -2.52. The number of benzene rings is 3. The Bertz CT molecular complexity index is 1180. The Morgan fingerprint density at radius 2 is 1.74 bits per heavy atom. The van der Waals surface area contributed by atoms with Gasteiger partial charge in [-0.05, 0) is 28.5 Å². The summed E-state index contributed by atoms with van der Waals surface area (Å²) in [5.41, 5.74) is 7.14. The van der Waals surface area contributed by atoms with Gasteiger partial charge >= 0.3 is 0 Å². The van der Waals surface area contributed by atoms with Crippen LogP contribution < -0.4 is 21.3 Å². The molecule has 0 fully saturated rings. The standard InChI is InChI=1S/C25H26N4O3S.C2H6/c26-16-27-25(32)20(14-17-9-10-18-5-1-2-6-19(18)13-17)28-23(30)15-29-21-7-3-4-8-22(21)33-12-11-24(29)31;1-2/h1-10,13,20H,11-12,14-16,26H2,(H,27,32)(H,28,30);1-2H3/t20-;/m1./s1.